The maximum atomic E-state index is 12.5. The van der Waals surface area contributed by atoms with E-state index < -0.39 is 0 Å². The summed E-state index contributed by atoms with van der Waals surface area (Å²) in [6.07, 6.45) is 0. The van der Waals surface area contributed by atoms with Crippen LogP contribution in [-0.4, -0.2) is 31.5 Å². The van der Waals surface area contributed by atoms with Crippen molar-refractivity contribution in [1.82, 2.24) is 19.2 Å². The van der Waals surface area contributed by atoms with Gasteiger partial charge in [-0.3, -0.25) is 13.8 Å². The Labute approximate surface area is 160 Å². The number of rotatable bonds is 5. The SMILES string of the molecule is Cc1cccc(C)c1OCCSc1nnc2n(C)c(=O)c3ccccc3n12. The second kappa shape index (κ2) is 7.08. The molecule has 2 heterocycles. The van der Waals surface area contributed by atoms with Gasteiger partial charge in [0.2, 0.25) is 5.78 Å². The van der Waals surface area contributed by atoms with Gasteiger partial charge in [-0.1, -0.05) is 42.1 Å². The normalized spacial score (nSPS) is 11.4. The molecule has 138 valence electrons. The predicted octanol–water partition coefficient (Wildman–Crippen LogP) is 3.37. The van der Waals surface area contributed by atoms with E-state index in [1.807, 2.05) is 60.7 Å². The zero-order valence-corrected chi connectivity index (χ0v) is 16.3. The number of thioether (sulfide) groups is 1. The number of fused-ring (bicyclic) bond motifs is 3. The lowest BCUT2D eigenvalue weighted by atomic mass is 10.1. The molecular formula is C20H20N4O2S. The van der Waals surface area contributed by atoms with Crippen molar-refractivity contribution in [1.29, 1.82) is 0 Å². The third-order valence-electron chi connectivity index (χ3n) is 4.57. The molecule has 2 aromatic carbocycles. The summed E-state index contributed by atoms with van der Waals surface area (Å²) in [5.74, 6) is 2.21. The molecule has 0 fully saturated rings. The van der Waals surface area contributed by atoms with E-state index in [9.17, 15) is 4.79 Å². The summed E-state index contributed by atoms with van der Waals surface area (Å²) in [5.41, 5.74) is 3.02. The first-order valence-corrected chi connectivity index (χ1v) is 9.71. The monoisotopic (exact) mass is 380 g/mol. The van der Waals surface area contributed by atoms with Crippen LogP contribution in [0.1, 0.15) is 11.1 Å². The molecule has 0 N–H and O–H groups in total. The van der Waals surface area contributed by atoms with E-state index in [1.165, 1.54) is 4.57 Å². The number of benzene rings is 2. The highest BCUT2D eigenvalue weighted by atomic mass is 32.2. The smallest absolute Gasteiger partial charge is 0.262 e. The van der Waals surface area contributed by atoms with Gasteiger partial charge in [-0.2, -0.15) is 0 Å². The molecule has 2 aromatic heterocycles. The van der Waals surface area contributed by atoms with Crippen molar-refractivity contribution in [2.24, 2.45) is 7.05 Å². The van der Waals surface area contributed by atoms with Gasteiger partial charge >= 0.3 is 0 Å². The molecule has 0 atom stereocenters. The molecule has 7 heteroatoms. The Morgan fingerprint density at radius 3 is 2.56 bits per heavy atom. The van der Waals surface area contributed by atoms with Crippen molar-refractivity contribution in [2.75, 3.05) is 12.4 Å². The molecule has 4 aromatic rings. The van der Waals surface area contributed by atoms with E-state index in [1.54, 1.807) is 18.8 Å². The van der Waals surface area contributed by atoms with Gasteiger partial charge in [0, 0.05) is 12.8 Å². The summed E-state index contributed by atoms with van der Waals surface area (Å²) in [5, 5.41) is 9.90. The molecule has 0 amide bonds. The molecule has 0 saturated carbocycles. The number of aromatic nitrogens is 4. The molecule has 27 heavy (non-hydrogen) atoms. The van der Waals surface area contributed by atoms with Crippen molar-refractivity contribution in [3.8, 4) is 5.75 Å². The molecule has 4 rings (SSSR count). The Morgan fingerprint density at radius 1 is 1.04 bits per heavy atom. The molecule has 0 radical (unpaired) electrons. The van der Waals surface area contributed by atoms with E-state index >= 15 is 0 Å². The lowest BCUT2D eigenvalue weighted by Gasteiger charge is -2.11. The van der Waals surface area contributed by atoms with Crippen LogP contribution < -0.4 is 10.3 Å². The molecule has 0 aliphatic carbocycles. The fourth-order valence-electron chi connectivity index (χ4n) is 3.21. The third kappa shape index (κ3) is 3.08. The predicted molar refractivity (Wildman–Crippen MR) is 108 cm³/mol. The number of hydrogen-bond donors (Lipinski definition) is 0. The van der Waals surface area contributed by atoms with Crippen LogP contribution in [0.5, 0.6) is 5.75 Å². The topological polar surface area (TPSA) is 61.4 Å². The number of aryl methyl sites for hydroxylation is 3. The van der Waals surface area contributed by atoms with E-state index in [0.717, 1.165) is 33.3 Å². The molecule has 6 nitrogen and oxygen atoms in total. The lowest BCUT2D eigenvalue weighted by Crippen LogP contribution is -2.20. The lowest BCUT2D eigenvalue weighted by molar-refractivity contribution is 0.339. The fourth-order valence-corrected chi connectivity index (χ4v) is 3.97. The highest BCUT2D eigenvalue weighted by molar-refractivity contribution is 7.99. The van der Waals surface area contributed by atoms with Crippen molar-refractivity contribution in [3.05, 3.63) is 63.9 Å². The van der Waals surface area contributed by atoms with Gasteiger partial charge < -0.3 is 4.74 Å². The Balaban J connectivity index is 1.59. The van der Waals surface area contributed by atoms with E-state index in [2.05, 4.69) is 10.2 Å². The van der Waals surface area contributed by atoms with Gasteiger partial charge in [0.25, 0.3) is 5.56 Å². The zero-order chi connectivity index (χ0) is 19.0. The molecule has 0 aliphatic rings. The first-order chi connectivity index (χ1) is 13.1. The minimum absolute atomic E-state index is 0.0691. The quantitative estimate of drug-likeness (QED) is 0.392. The van der Waals surface area contributed by atoms with Crippen LogP contribution in [0, 0.1) is 13.8 Å². The van der Waals surface area contributed by atoms with Crippen molar-refractivity contribution in [3.63, 3.8) is 0 Å². The van der Waals surface area contributed by atoms with Gasteiger partial charge in [0.15, 0.2) is 5.16 Å². The van der Waals surface area contributed by atoms with Crippen molar-refractivity contribution in [2.45, 2.75) is 19.0 Å². The van der Waals surface area contributed by atoms with Crippen molar-refractivity contribution < 1.29 is 4.74 Å². The first kappa shape index (κ1) is 17.6. The molecule has 0 aliphatic heterocycles. The molecule has 0 bridgehead atoms. The summed E-state index contributed by atoms with van der Waals surface area (Å²) in [6.45, 7) is 4.66. The Morgan fingerprint density at radius 2 is 1.78 bits per heavy atom. The molecule has 0 saturated heterocycles. The van der Waals surface area contributed by atoms with Gasteiger partial charge in [0.1, 0.15) is 5.75 Å². The Bertz CT molecular complexity index is 1180. The summed E-state index contributed by atoms with van der Waals surface area (Å²) in [6, 6.07) is 13.7. The Hall–Kier alpha value is -2.80. The Kier molecular flexibility index (Phi) is 4.61. The molecule has 0 spiro atoms. The van der Waals surface area contributed by atoms with E-state index in [-0.39, 0.29) is 5.56 Å². The van der Waals surface area contributed by atoms with E-state index in [0.29, 0.717) is 17.8 Å². The van der Waals surface area contributed by atoms with Crippen LogP contribution in [0.2, 0.25) is 0 Å². The third-order valence-corrected chi connectivity index (χ3v) is 5.46. The number of hydrogen-bond acceptors (Lipinski definition) is 5. The standard InChI is InChI=1S/C20H20N4O2S/c1-13-7-6-8-14(2)17(13)26-11-12-27-20-22-21-19-23(3)18(25)15-9-4-5-10-16(15)24(19)20/h4-10H,11-12H2,1-3H3. The largest absolute Gasteiger partial charge is 0.492 e. The second-order valence-electron chi connectivity index (χ2n) is 6.42. The zero-order valence-electron chi connectivity index (χ0n) is 15.5. The van der Waals surface area contributed by atoms with Crippen LogP contribution in [0.15, 0.2) is 52.4 Å². The van der Waals surface area contributed by atoms with Gasteiger partial charge in [-0.05, 0) is 37.1 Å². The number of para-hydroxylation sites is 2. The summed E-state index contributed by atoms with van der Waals surface area (Å²) >= 11 is 1.57. The summed E-state index contributed by atoms with van der Waals surface area (Å²) in [4.78, 5) is 12.5. The summed E-state index contributed by atoms with van der Waals surface area (Å²) in [7, 11) is 1.72. The average Bonchev–Trinajstić information content (AvgIpc) is 3.09. The van der Waals surface area contributed by atoms with Crippen LogP contribution in [0.25, 0.3) is 16.7 Å². The van der Waals surface area contributed by atoms with Crippen LogP contribution in [-0.2, 0) is 7.05 Å². The maximum absolute atomic E-state index is 12.5. The number of nitrogens with zero attached hydrogens (tertiary/aromatic N) is 4. The van der Waals surface area contributed by atoms with Crippen LogP contribution in [0.4, 0.5) is 0 Å². The van der Waals surface area contributed by atoms with Gasteiger partial charge in [-0.15, -0.1) is 10.2 Å². The summed E-state index contributed by atoms with van der Waals surface area (Å²) < 4.78 is 9.44. The highest BCUT2D eigenvalue weighted by Gasteiger charge is 2.14. The minimum atomic E-state index is -0.0691. The van der Waals surface area contributed by atoms with Crippen molar-refractivity contribution >= 4 is 28.4 Å². The minimum Gasteiger partial charge on any atom is -0.492 e. The maximum Gasteiger partial charge on any atom is 0.262 e. The fraction of sp³-hybridized carbons (Fsp3) is 0.250. The van der Waals surface area contributed by atoms with E-state index in [4.69, 9.17) is 4.74 Å². The molecular weight excluding hydrogens is 360 g/mol. The van der Waals surface area contributed by atoms with Gasteiger partial charge in [-0.25, -0.2) is 0 Å². The molecule has 0 unspecified atom stereocenters. The number of ether oxygens (including phenoxy) is 1. The van der Waals surface area contributed by atoms with Crippen LogP contribution >= 0.6 is 11.8 Å². The first-order valence-electron chi connectivity index (χ1n) is 8.72. The highest BCUT2D eigenvalue weighted by Crippen LogP contribution is 2.24. The second-order valence-corrected chi connectivity index (χ2v) is 7.48. The average molecular weight is 380 g/mol. The van der Waals surface area contributed by atoms with Gasteiger partial charge in [0.05, 0.1) is 17.5 Å². The van der Waals surface area contributed by atoms with Crippen LogP contribution in [0.3, 0.4) is 0 Å².